The molecule has 0 aromatic rings. The van der Waals surface area contributed by atoms with Crippen LogP contribution >= 0.6 is 7.60 Å². The summed E-state index contributed by atoms with van der Waals surface area (Å²) in [5.41, 5.74) is 0. The Morgan fingerprint density at radius 3 is 1.39 bits per heavy atom. The van der Waals surface area contributed by atoms with E-state index in [0.717, 1.165) is 0 Å². The van der Waals surface area contributed by atoms with Crippen molar-refractivity contribution in [2.45, 2.75) is 42.2 Å². The minimum absolute atomic E-state index is 1.08. The minimum Gasteiger partial charge on any atom is -0.381 e. The Labute approximate surface area is 146 Å². The largest absolute Gasteiger partial charge is 0.460 e. The van der Waals surface area contributed by atoms with Crippen LogP contribution in [0.4, 0.5) is 57.1 Å². The van der Waals surface area contributed by atoms with E-state index >= 15 is 0 Å². The van der Waals surface area contributed by atoms with E-state index in [1.165, 1.54) is 0 Å². The maximum atomic E-state index is 13.3. The first-order valence-corrected chi connectivity index (χ1v) is 8.33. The number of rotatable bonds is 10. The van der Waals surface area contributed by atoms with E-state index in [-0.39, 0.29) is 0 Å². The standard InChI is InChI=1S/C10H10F13O4P/c11-5(12,1-2-27-3-4-28(24,25)26)6(13,14)7(15,16)8(17,18)9(19,20)10(21,22)23/h1-4H2,(H2,24,25,26). The topological polar surface area (TPSA) is 66.8 Å². The Morgan fingerprint density at radius 2 is 1.04 bits per heavy atom. The van der Waals surface area contributed by atoms with Gasteiger partial charge in [-0.2, -0.15) is 57.1 Å². The molecule has 0 unspecified atom stereocenters. The third-order valence-corrected chi connectivity index (χ3v) is 3.85. The summed E-state index contributed by atoms with van der Waals surface area (Å²) in [5, 5.41) is 0. The zero-order chi connectivity index (χ0) is 23.0. The van der Waals surface area contributed by atoms with Gasteiger partial charge in [-0.05, 0) is 0 Å². The summed E-state index contributed by atoms with van der Waals surface area (Å²) in [6.07, 6.45) is -11.2. The van der Waals surface area contributed by atoms with E-state index in [1.807, 2.05) is 0 Å². The van der Waals surface area contributed by atoms with Gasteiger partial charge in [0.25, 0.3) is 0 Å². The number of ether oxygens (including phenoxy) is 1. The summed E-state index contributed by atoms with van der Waals surface area (Å²) in [4.78, 5) is 16.7. The van der Waals surface area contributed by atoms with Crippen LogP contribution in [0.2, 0.25) is 0 Å². The van der Waals surface area contributed by atoms with E-state index in [2.05, 4.69) is 4.74 Å². The molecule has 4 nitrogen and oxygen atoms in total. The first kappa shape index (κ1) is 27.2. The normalized spacial score (nSPS) is 15.8. The van der Waals surface area contributed by atoms with Crippen molar-refractivity contribution in [3.05, 3.63) is 0 Å². The second-order valence-electron chi connectivity index (χ2n) is 5.25. The lowest BCUT2D eigenvalue weighted by atomic mass is 9.93. The molecule has 170 valence electrons. The fraction of sp³-hybridized carbons (Fsp3) is 1.00. The molecule has 2 N–H and O–H groups in total. The van der Waals surface area contributed by atoms with Gasteiger partial charge in [-0.15, -0.1) is 0 Å². The molecule has 0 saturated carbocycles. The third-order valence-electron chi connectivity index (χ3n) is 3.09. The second kappa shape index (κ2) is 7.80. The van der Waals surface area contributed by atoms with Gasteiger partial charge in [0.15, 0.2) is 0 Å². The molecule has 0 rings (SSSR count). The maximum Gasteiger partial charge on any atom is 0.460 e. The van der Waals surface area contributed by atoms with Gasteiger partial charge in [0.1, 0.15) is 0 Å². The summed E-state index contributed by atoms with van der Waals surface area (Å²) >= 11 is 0. The zero-order valence-corrected chi connectivity index (χ0v) is 13.8. The highest BCUT2D eigenvalue weighted by molar-refractivity contribution is 7.51. The van der Waals surface area contributed by atoms with Gasteiger partial charge in [0, 0.05) is 6.42 Å². The van der Waals surface area contributed by atoms with Crippen LogP contribution in [0.25, 0.3) is 0 Å². The van der Waals surface area contributed by atoms with Crippen molar-refractivity contribution in [3.8, 4) is 0 Å². The van der Waals surface area contributed by atoms with Gasteiger partial charge in [0.2, 0.25) is 0 Å². The predicted octanol–water partition coefficient (Wildman–Crippen LogP) is 4.31. The van der Waals surface area contributed by atoms with Gasteiger partial charge < -0.3 is 14.5 Å². The van der Waals surface area contributed by atoms with Gasteiger partial charge in [-0.25, -0.2) is 0 Å². The Kier molecular flexibility index (Phi) is 7.57. The highest BCUT2D eigenvalue weighted by Crippen LogP contribution is 2.60. The van der Waals surface area contributed by atoms with E-state index < -0.39 is 69.2 Å². The number of hydrogen-bond acceptors (Lipinski definition) is 2. The molecule has 18 heteroatoms. The monoisotopic (exact) mass is 472 g/mol. The lowest BCUT2D eigenvalue weighted by Crippen LogP contribution is -2.70. The van der Waals surface area contributed by atoms with Gasteiger partial charge in [-0.3, -0.25) is 4.57 Å². The second-order valence-corrected chi connectivity index (χ2v) is 7.03. The Balaban J connectivity index is 5.54. The van der Waals surface area contributed by atoms with Crippen LogP contribution in [0.5, 0.6) is 0 Å². The van der Waals surface area contributed by atoms with Crippen LogP contribution in [-0.2, 0) is 9.30 Å². The summed E-state index contributed by atoms with van der Waals surface area (Å²) in [6, 6.07) is 0. The number of alkyl halides is 13. The van der Waals surface area contributed by atoms with Crippen molar-refractivity contribution in [2.75, 3.05) is 19.4 Å². The zero-order valence-electron chi connectivity index (χ0n) is 12.9. The average molecular weight is 472 g/mol. The molecule has 0 aromatic carbocycles. The minimum atomic E-state index is -7.97. The van der Waals surface area contributed by atoms with Crippen molar-refractivity contribution < 1.29 is 76.2 Å². The molecule has 0 heterocycles. The van der Waals surface area contributed by atoms with Gasteiger partial charge in [0.05, 0.1) is 19.4 Å². The molecule has 0 atom stereocenters. The van der Waals surface area contributed by atoms with Crippen LogP contribution in [-0.4, -0.2) is 65.0 Å². The summed E-state index contributed by atoms with van der Waals surface area (Å²) in [6.45, 7) is -2.79. The molecule has 0 aromatic heterocycles. The lowest BCUT2D eigenvalue weighted by Gasteiger charge is -2.39. The Morgan fingerprint density at radius 1 is 0.643 bits per heavy atom. The molecule has 28 heavy (non-hydrogen) atoms. The highest BCUT2D eigenvalue weighted by atomic mass is 31.2. The molecule has 0 bridgehead atoms. The first-order chi connectivity index (χ1) is 12.0. The Bertz CT molecular complexity index is 582. The van der Waals surface area contributed by atoms with E-state index in [0.29, 0.717) is 0 Å². The molecule has 0 saturated heterocycles. The summed E-state index contributed by atoms with van der Waals surface area (Å²) in [7, 11) is -4.73. The van der Waals surface area contributed by atoms with Crippen LogP contribution in [0.3, 0.4) is 0 Å². The summed E-state index contributed by atoms with van der Waals surface area (Å²) in [5.74, 6) is -37.3. The van der Waals surface area contributed by atoms with E-state index in [1.54, 1.807) is 0 Å². The van der Waals surface area contributed by atoms with Crippen LogP contribution in [0, 0.1) is 0 Å². The van der Waals surface area contributed by atoms with Crippen molar-refractivity contribution >= 4 is 7.60 Å². The van der Waals surface area contributed by atoms with E-state index in [4.69, 9.17) is 9.79 Å². The lowest BCUT2D eigenvalue weighted by molar-refractivity contribution is -0.440. The van der Waals surface area contributed by atoms with Crippen molar-refractivity contribution in [3.63, 3.8) is 0 Å². The molecule has 0 spiro atoms. The van der Waals surface area contributed by atoms with Crippen LogP contribution in [0.1, 0.15) is 6.42 Å². The first-order valence-electron chi connectivity index (χ1n) is 6.54. The molecular formula is C10H10F13O4P. The SMILES string of the molecule is O=P(O)(O)CCOCCC(F)(F)C(F)(F)C(F)(F)C(F)(F)C(F)(F)C(F)(F)F. The van der Waals surface area contributed by atoms with Crippen molar-refractivity contribution in [1.82, 2.24) is 0 Å². The quantitative estimate of drug-likeness (QED) is 0.283. The van der Waals surface area contributed by atoms with Gasteiger partial charge in [-0.1, -0.05) is 0 Å². The van der Waals surface area contributed by atoms with Crippen molar-refractivity contribution in [2.24, 2.45) is 0 Å². The molecule has 0 radical (unpaired) electrons. The number of halogens is 13. The van der Waals surface area contributed by atoms with Crippen LogP contribution in [0.15, 0.2) is 0 Å². The highest BCUT2D eigenvalue weighted by Gasteiger charge is 2.90. The maximum absolute atomic E-state index is 13.3. The molecule has 0 fully saturated rings. The third kappa shape index (κ3) is 5.02. The average Bonchev–Trinajstić information content (AvgIpc) is 2.43. The predicted molar refractivity (Wildman–Crippen MR) is 63.1 cm³/mol. The van der Waals surface area contributed by atoms with Crippen molar-refractivity contribution in [1.29, 1.82) is 0 Å². The fourth-order valence-corrected chi connectivity index (χ4v) is 1.81. The van der Waals surface area contributed by atoms with Gasteiger partial charge >= 0.3 is 43.4 Å². The van der Waals surface area contributed by atoms with Crippen LogP contribution < -0.4 is 0 Å². The molecule has 0 aliphatic heterocycles. The number of hydrogen-bond donors (Lipinski definition) is 2. The smallest absolute Gasteiger partial charge is 0.381 e. The molecule has 0 aliphatic rings. The molecular weight excluding hydrogens is 462 g/mol. The van der Waals surface area contributed by atoms with E-state index in [9.17, 15) is 61.6 Å². The molecule has 0 amide bonds. The molecule has 0 aliphatic carbocycles. The summed E-state index contributed by atoms with van der Waals surface area (Å²) < 4.78 is 180. The fourth-order valence-electron chi connectivity index (χ4n) is 1.44. The Hall–Kier alpha value is -0.800.